The highest BCUT2D eigenvalue weighted by molar-refractivity contribution is 5.93. The summed E-state index contributed by atoms with van der Waals surface area (Å²) in [7, 11) is 0. The highest BCUT2D eigenvalue weighted by atomic mass is 19.3. The van der Waals surface area contributed by atoms with Crippen LogP contribution in [0.4, 0.5) is 14.5 Å². The number of hydrogen-bond acceptors (Lipinski definition) is 4. The van der Waals surface area contributed by atoms with Crippen LogP contribution < -0.4 is 4.90 Å². The van der Waals surface area contributed by atoms with Gasteiger partial charge in [0.2, 0.25) is 5.92 Å². The van der Waals surface area contributed by atoms with Crippen LogP contribution in [0.15, 0.2) is 24.3 Å². The molecule has 2 aromatic rings. The van der Waals surface area contributed by atoms with Gasteiger partial charge >= 0.3 is 0 Å². The molecule has 108 valence electrons. The zero-order valence-electron chi connectivity index (χ0n) is 11.4. The number of alkyl halides is 2. The smallest absolute Gasteiger partial charge is 0.249 e. The zero-order valence-corrected chi connectivity index (χ0v) is 11.4. The molecular weight excluding hydrogens is 274 g/mol. The molecule has 6 heteroatoms. The van der Waals surface area contributed by atoms with E-state index in [4.69, 9.17) is 0 Å². The number of nitrogens with zero attached hydrogens (tertiary/aromatic N) is 4. The number of fused-ring (bicyclic) bond motifs is 1. The van der Waals surface area contributed by atoms with E-state index in [1.165, 1.54) is 0 Å². The van der Waals surface area contributed by atoms with E-state index in [1.807, 2.05) is 29.2 Å². The van der Waals surface area contributed by atoms with Crippen molar-refractivity contribution < 1.29 is 8.78 Å². The van der Waals surface area contributed by atoms with Crippen LogP contribution in [0.25, 0.3) is 10.9 Å². The van der Waals surface area contributed by atoms with E-state index < -0.39 is 5.92 Å². The summed E-state index contributed by atoms with van der Waals surface area (Å²) in [5.41, 5.74) is 1.49. The predicted molar refractivity (Wildman–Crippen MR) is 75.3 cm³/mol. The fourth-order valence-electron chi connectivity index (χ4n) is 2.72. The standard InChI is InChI=1S/C15H14F2N4/c16-15(17)6-3-8-21(9-7-15)14-11-4-1-2-5-12(11)19-20-13(14)10-18/h1-2,4-5H,3,6-9H2. The molecule has 0 N–H and O–H groups in total. The number of aromatic nitrogens is 2. The van der Waals surface area contributed by atoms with Crippen LogP contribution in [0.1, 0.15) is 25.0 Å². The van der Waals surface area contributed by atoms with E-state index in [0.717, 1.165) is 5.39 Å². The lowest BCUT2D eigenvalue weighted by atomic mass is 10.1. The van der Waals surface area contributed by atoms with Crippen LogP contribution in [-0.4, -0.2) is 29.2 Å². The molecule has 1 fully saturated rings. The first-order chi connectivity index (χ1) is 10.1. The van der Waals surface area contributed by atoms with Gasteiger partial charge in [0.25, 0.3) is 0 Å². The Balaban J connectivity index is 2.08. The normalized spacial score (nSPS) is 18.2. The van der Waals surface area contributed by atoms with Crippen molar-refractivity contribution in [2.45, 2.75) is 25.2 Å². The molecule has 0 unspecified atom stereocenters. The van der Waals surface area contributed by atoms with E-state index in [-0.39, 0.29) is 25.1 Å². The Morgan fingerprint density at radius 3 is 2.76 bits per heavy atom. The number of hydrogen-bond donors (Lipinski definition) is 0. The Labute approximate surface area is 121 Å². The van der Waals surface area contributed by atoms with Crippen molar-refractivity contribution >= 4 is 16.6 Å². The number of rotatable bonds is 1. The molecule has 0 atom stereocenters. The minimum absolute atomic E-state index is 0.109. The monoisotopic (exact) mass is 288 g/mol. The molecule has 0 saturated carbocycles. The van der Waals surface area contributed by atoms with Crippen LogP contribution in [0.3, 0.4) is 0 Å². The van der Waals surface area contributed by atoms with E-state index in [1.54, 1.807) is 6.07 Å². The third kappa shape index (κ3) is 2.64. The molecule has 21 heavy (non-hydrogen) atoms. The van der Waals surface area contributed by atoms with E-state index in [9.17, 15) is 14.0 Å². The first-order valence-corrected chi connectivity index (χ1v) is 6.89. The summed E-state index contributed by atoms with van der Waals surface area (Å²) in [6.45, 7) is 0.720. The van der Waals surface area contributed by atoms with Gasteiger partial charge in [-0.1, -0.05) is 18.2 Å². The summed E-state index contributed by atoms with van der Waals surface area (Å²) in [5, 5.41) is 18.0. The fraction of sp³-hybridized carbons (Fsp3) is 0.400. The van der Waals surface area contributed by atoms with Crippen molar-refractivity contribution in [3.8, 4) is 6.07 Å². The fourth-order valence-corrected chi connectivity index (χ4v) is 2.72. The quantitative estimate of drug-likeness (QED) is 0.809. The summed E-state index contributed by atoms with van der Waals surface area (Å²) in [4.78, 5) is 1.84. The lowest BCUT2D eigenvalue weighted by Gasteiger charge is -2.24. The Morgan fingerprint density at radius 2 is 1.95 bits per heavy atom. The van der Waals surface area contributed by atoms with Crippen LogP contribution in [-0.2, 0) is 0 Å². The Hall–Kier alpha value is -2.29. The number of nitriles is 1. The molecule has 1 aromatic heterocycles. The average Bonchev–Trinajstić information content (AvgIpc) is 2.67. The van der Waals surface area contributed by atoms with Crippen LogP contribution in [0.2, 0.25) is 0 Å². The van der Waals surface area contributed by atoms with E-state index in [0.29, 0.717) is 24.2 Å². The summed E-state index contributed by atoms with van der Waals surface area (Å²) < 4.78 is 27.1. The first-order valence-electron chi connectivity index (χ1n) is 6.89. The molecule has 1 saturated heterocycles. The molecule has 0 spiro atoms. The summed E-state index contributed by atoms with van der Waals surface area (Å²) >= 11 is 0. The molecule has 1 aromatic carbocycles. The Morgan fingerprint density at radius 1 is 1.14 bits per heavy atom. The molecule has 1 aliphatic heterocycles. The predicted octanol–water partition coefficient (Wildman–Crippen LogP) is 3.13. The van der Waals surface area contributed by atoms with Gasteiger partial charge in [-0.15, -0.1) is 10.2 Å². The third-order valence-corrected chi connectivity index (χ3v) is 3.78. The number of benzene rings is 1. The second kappa shape index (κ2) is 5.24. The lowest BCUT2D eigenvalue weighted by molar-refractivity contribution is -0.0102. The van der Waals surface area contributed by atoms with Crippen molar-refractivity contribution in [2.75, 3.05) is 18.0 Å². The lowest BCUT2D eigenvalue weighted by Crippen LogP contribution is -2.27. The molecule has 0 amide bonds. The number of halogens is 2. The van der Waals surface area contributed by atoms with E-state index in [2.05, 4.69) is 10.2 Å². The van der Waals surface area contributed by atoms with Gasteiger partial charge in [-0.05, 0) is 12.5 Å². The van der Waals surface area contributed by atoms with Gasteiger partial charge in [0.15, 0.2) is 5.69 Å². The summed E-state index contributed by atoms with van der Waals surface area (Å²) in [5.74, 6) is -2.63. The van der Waals surface area contributed by atoms with Crippen molar-refractivity contribution in [1.82, 2.24) is 10.2 Å². The SMILES string of the molecule is N#Cc1nnc2ccccc2c1N1CCCC(F)(F)CC1. The molecule has 0 bridgehead atoms. The highest BCUT2D eigenvalue weighted by Gasteiger charge is 2.32. The van der Waals surface area contributed by atoms with Crippen LogP contribution in [0, 0.1) is 11.3 Å². The van der Waals surface area contributed by atoms with Gasteiger partial charge in [-0.2, -0.15) is 5.26 Å². The number of anilines is 1. The average molecular weight is 288 g/mol. The first kappa shape index (κ1) is 13.7. The minimum atomic E-state index is -2.63. The Kier molecular flexibility index (Phi) is 3.42. The van der Waals surface area contributed by atoms with Crippen molar-refractivity contribution in [2.24, 2.45) is 0 Å². The second-order valence-electron chi connectivity index (χ2n) is 5.22. The molecule has 1 aliphatic rings. The maximum absolute atomic E-state index is 13.5. The zero-order chi connectivity index (χ0) is 14.9. The summed E-state index contributed by atoms with van der Waals surface area (Å²) in [6.07, 6.45) is 0.0882. The Bertz CT molecular complexity index is 708. The summed E-state index contributed by atoms with van der Waals surface area (Å²) in [6, 6.07) is 9.36. The largest absolute Gasteiger partial charge is 0.368 e. The van der Waals surface area contributed by atoms with Gasteiger partial charge in [0.05, 0.1) is 11.2 Å². The van der Waals surface area contributed by atoms with Crippen molar-refractivity contribution in [1.29, 1.82) is 5.26 Å². The van der Waals surface area contributed by atoms with Crippen LogP contribution in [0.5, 0.6) is 0 Å². The molecule has 4 nitrogen and oxygen atoms in total. The topological polar surface area (TPSA) is 52.8 Å². The molecule has 3 rings (SSSR count). The van der Waals surface area contributed by atoms with Gasteiger partial charge in [-0.25, -0.2) is 8.78 Å². The molecule has 0 radical (unpaired) electrons. The van der Waals surface area contributed by atoms with Crippen molar-refractivity contribution in [3.05, 3.63) is 30.0 Å². The van der Waals surface area contributed by atoms with Gasteiger partial charge in [0.1, 0.15) is 6.07 Å². The highest BCUT2D eigenvalue weighted by Crippen LogP contribution is 2.33. The van der Waals surface area contributed by atoms with Crippen LogP contribution >= 0.6 is 0 Å². The van der Waals surface area contributed by atoms with Gasteiger partial charge in [-0.3, -0.25) is 0 Å². The minimum Gasteiger partial charge on any atom is -0.368 e. The third-order valence-electron chi connectivity index (χ3n) is 3.78. The van der Waals surface area contributed by atoms with Gasteiger partial charge < -0.3 is 4.90 Å². The second-order valence-corrected chi connectivity index (χ2v) is 5.22. The van der Waals surface area contributed by atoms with E-state index >= 15 is 0 Å². The van der Waals surface area contributed by atoms with Crippen molar-refractivity contribution in [3.63, 3.8) is 0 Å². The molecular formula is C15H14F2N4. The maximum atomic E-state index is 13.5. The maximum Gasteiger partial charge on any atom is 0.249 e. The molecule has 0 aliphatic carbocycles. The van der Waals surface area contributed by atoms with Gasteiger partial charge in [0, 0.05) is 31.3 Å². The molecule has 2 heterocycles.